The first-order valence-electron chi connectivity index (χ1n) is 6.94. The van der Waals surface area contributed by atoms with Gasteiger partial charge in [-0.25, -0.2) is 9.59 Å². The van der Waals surface area contributed by atoms with Gasteiger partial charge in [0.2, 0.25) is 0 Å². The molecule has 0 unspecified atom stereocenters. The van der Waals surface area contributed by atoms with Crippen LogP contribution in [0.4, 0.5) is 4.79 Å². The number of hydrogen-bond acceptors (Lipinski definition) is 7. The van der Waals surface area contributed by atoms with Crippen LogP contribution in [-0.4, -0.2) is 52.1 Å². The molecule has 2 atom stereocenters. The molecule has 0 aliphatic heterocycles. The first-order valence-corrected chi connectivity index (χ1v) is 8.75. The van der Waals surface area contributed by atoms with Crippen LogP contribution < -0.4 is 5.32 Å². The Labute approximate surface area is 137 Å². The van der Waals surface area contributed by atoms with E-state index in [2.05, 4.69) is 20.8 Å². The lowest BCUT2D eigenvalue weighted by atomic mass is 9.96. The normalized spacial score (nSPS) is 14.5. The van der Waals surface area contributed by atoms with Crippen molar-refractivity contribution in [1.29, 1.82) is 0 Å². The Kier molecular flexibility index (Phi) is 8.25. The highest BCUT2D eigenvalue weighted by molar-refractivity contribution is 7.85. The minimum Gasteiger partial charge on any atom is -0.467 e. The van der Waals surface area contributed by atoms with Gasteiger partial charge in [0, 0.05) is 5.92 Å². The number of esters is 1. The van der Waals surface area contributed by atoms with Crippen LogP contribution in [0.25, 0.3) is 0 Å². The molecule has 0 saturated heterocycles. The van der Waals surface area contributed by atoms with E-state index < -0.39 is 39.7 Å². The molecule has 134 valence electrons. The number of nitrogens with one attached hydrogen (secondary N) is 1. The van der Waals surface area contributed by atoms with Crippen molar-refractivity contribution in [2.24, 2.45) is 5.92 Å². The summed E-state index contributed by atoms with van der Waals surface area (Å²) >= 11 is 0. The average Bonchev–Trinajstić information content (AvgIpc) is 2.37. The zero-order chi connectivity index (χ0) is 18.3. The van der Waals surface area contributed by atoms with Gasteiger partial charge in [-0.1, -0.05) is 6.08 Å². The highest BCUT2D eigenvalue weighted by Crippen LogP contribution is 2.15. The summed E-state index contributed by atoms with van der Waals surface area (Å²) in [7, 11) is -2.41. The Balaban J connectivity index is 4.94. The Morgan fingerprint density at radius 1 is 1.30 bits per heavy atom. The van der Waals surface area contributed by atoms with Gasteiger partial charge in [-0.05, 0) is 27.2 Å². The first-order chi connectivity index (χ1) is 10.4. The number of ether oxygens (including phenoxy) is 2. The summed E-state index contributed by atoms with van der Waals surface area (Å²) in [6.45, 7) is 8.49. The van der Waals surface area contributed by atoms with Gasteiger partial charge in [-0.15, -0.1) is 6.58 Å². The predicted molar refractivity (Wildman–Crippen MR) is 84.3 cm³/mol. The molecule has 0 aliphatic rings. The predicted octanol–water partition coefficient (Wildman–Crippen LogP) is 1.22. The fourth-order valence-corrected chi connectivity index (χ4v) is 2.06. The summed E-state index contributed by atoms with van der Waals surface area (Å²) < 4.78 is 36.3. The summed E-state index contributed by atoms with van der Waals surface area (Å²) in [5, 5.41) is 2.41. The molecule has 0 heterocycles. The molecule has 8 nitrogen and oxygen atoms in total. The Morgan fingerprint density at radius 2 is 1.87 bits per heavy atom. The summed E-state index contributed by atoms with van der Waals surface area (Å²) in [5.74, 6) is -1.28. The minimum atomic E-state index is -3.59. The van der Waals surface area contributed by atoms with Gasteiger partial charge in [-0.2, -0.15) is 8.42 Å². The Bertz CT molecular complexity index is 522. The molecule has 1 amide bonds. The largest absolute Gasteiger partial charge is 0.467 e. The van der Waals surface area contributed by atoms with Crippen molar-refractivity contribution in [2.45, 2.75) is 38.8 Å². The van der Waals surface area contributed by atoms with Crippen molar-refractivity contribution in [3.8, 4) is 0 Å². The van der Waals surface area contributed by atoms with Gasteiger partial charge >= 0.3 is 12.1 Å². The van der Waals surface area contributed by atoms with Gasteiger partial charge in [0.25, 0.3) is 10.1 Å². The van der Waals surface area contributed by atoms with Gasteiger partial charge in [0.1, 0.15) is 11.6 Å². The van der Waals surface area contributed by atoms with Crippen molar-refractivity contribution >= 4 is 22.2 Å². The number of amides is 1. The number of carbonyl (C=O) groups is 2. The molecule has 0 aromatic carbocycles. The monoisotopic (exact) mass is 351 g/mol. The second-order valence-electron chi connectivity index (χ2n) is 5.86. The SMILES string of the molecule is C=C[C@@H](CCOS(C)(=O)=O)[C@H](NC(=O)OC(C)(C)C)C(=O)OC. The van der Waals surface area contributed by atoms with E-state index in [-0.39, 0.29) is 13.0 Å². The lowest BCUT2D eigenvalue weighted by Crippen LogP contribution is -2.48. The second-order valence-corrected chi connectivity index (χ2v) is 7.51. The number of methoxy groups -OCH3 is 1. The van der Waals surface area contributed by atoms with E-state index in [0.717, 1.165) is 6.26 Å². The highest BCUT2D eigenvalue weighted by atomic mass is 32.2. The number of alkyl carbamates (subject to hydrolysis) is 1. The van der Waals surface area contributed by atoms with E-state index in [1.165, 1.54) is 13.2 Å². The average molecular weight is 351 g/mol. The molecule has 0 aromatic rings. The molecule has 1 N–H and O–H groups in total. The van der Waals surface area contributed by atoms with Crippen LogP contribution >= 0.6 is 0 Å². The van der Waals surface area contributed by atoms with Crippen LogP contribution in [0.3, 0.4) is 0 Å². The maximum atomic E-state index is 11.9. The second kappa shape index (κ2) is 8.88. The third-order valence-corrected chi connectivity index (χ3v) is 3.20. The summed E-state index contributed by atoms with van der Waals surface area (Å²) in [6.07, 6.45) is 1.70. The molecule has 23 heavy (non-hydrogen) atoms. The van der Waals surface area contributed by atoms with Crippen molar-refractivity contribution < 1.29 is 31.7 Å². The summed E-state index contributed by atoms with van der Waals surface area (Å²) in [4.78, 5) is 23.7. The molecular weight excluding hydrogens is 326 g/mol. The van der Waals surface area contributed by atoms with E-state index >= 15 is 0 Å². The van der Waals surface area contributed by atoms with E-state index in [0.29, 0.717) is 0 Å². The smallest absolute Gasteiger partial charge is 0.408 e. The fraction of sp³-hybridized carbons (Fsp3) is 0.714. The number of rotatable bonds is 8. The van der Waals surface area contributed by atoms with E-state index in [1.54, 1.807) is 20.8 Å². The molecule has 0 aromatic heterocycles. The van der Waals surface area contributed by atoms with E-state index in [4.69, 9.17) is 4.74 Å². The molecule has 0 aliphatic carbocycles. The van der Waals surface area contributed by atoms with E-state index in [9.17, 15) is 18.0 Å². The molecule has 0 fully saturated rings. The summed E-state index contributed by atoms with van der Waals surface area (Å²) in [6, 6.07) is -1.06. The third-order valence-electron chi connectivity index (χ3n) is 2.61. The molecule has 0 saturated carbocycles. The van der Waals surface area contributed by atoms with Crippen molar-refractivity contribution in [1.82, 2.24) is 5.32 Å². The van der Waals surface area contributed by atoms with Crippen LogP contribution in [0.1, 0.15) is 27.2 Å². The van der Waals surface area contributed by atoms with Gasteiger partial charge < -0.3 is 14.8 Å². The molecule has 0 spiro atoms. The van der Waals surface area contributed by atoms with Crippen LogP contribution in [-0.2, 0) is 28.6 Å². The van der Waals surface area contributed by atoms with Crippen LogP contribution in [0.5, 0.6) is 0 Å². The van der Waals surface area contributed by atoms with Gasteiger partial charge in [-0.3, -0.25) is 4.18 Å². The molecule has 0 bridgehead atoms. The zero-order valence-electron chi connectivity index (χ0n) is 14.1. The molecule has 0 rings (SSSR count). The fourth-order valence-electron chi connectivity index (χ4n) is 1.66. The Morgan fingerprint density at radius 3 is 2.26 bits per heavy atom. The first kappa shape index (κ1) is 21.4. The maximum Gasteiger partial charge on any atom is 0.408 e. The van der Waals surface area contributed by atoms with Crippen LogP contribution in [0.15, 0.2) is 12.7 Å². The summed E-state index contributed by atoms with van der Waals surface area (Å²) in [5.41, 5.74) is -0.728. The maximum absolute atomic E-state index is 11.9. The topological polar surface area (TPSA) is 108 Å². The third kappa shape index (κ3) is 9.90. The van der Waals surface area contributed by atoms with Crippen LogP contribution in [0.2, 0.25) is 0 Å². The van der Waals surface area contributed by atoms with Crippen molar-refractivity contribution in [3.63, 3.8) is 0 Å². The van der Waals surface area contributed by atoms with Gasteiger partial charge in [0.05, 0.1) is 20.0 Å². The molecule has 9 heteroatoms. The highest BCUT2D eigenvalue weighted by Gasteiger charge is 2.30. The number of hydrogen-bond donors (Lipinski definition) is 1. The minimum absolute atomic E-state index is 0.145. The van der Waals surface area contributed by atoms with Crippen molar-refractivity contribution in [3.05, 3.63) is 12.7 Å². The zero-order valence-corrected chi connectivity index (χ0v) is 14.9. The lowest BCUT2D eigenvalue weighted by molar-refractivity contribution is -0.144. The quantitative estimate of drug-likeness (QED) is 0.398. The molecule has 0 radical (unpaired) electrons. The number of carbonyl (C=O) groups excluding carboxylic acids is 2. The van der Waals surface area contributed by atoms with Crippen molar-refractivity contribution in [2.75, 3.05) is 20.0 Å². The Hall–Kier alpha value is -1.61. The standard InChI is InChI=1S/C14H25NO7S/c1-7-10(8-9-21-23(6,18)19)11(12(16)20-5)15-13(17)22-14(2,3)4/h7,10-11H,1,8-9H2,2-6H3,(H,15,17)/t10-,11-/m0/s1. The van der Waals surface area contributed by atoms with Gasteiger partial charge in [0.15, 0.2) is 0 Å². The molecular formula is C14H25NO7S. The van der Waals surface area contributed by atoms with Crippen LogP contribution in [0, 0.1) is 5.92 Å². The lowest BCUT2D eigenvalue weighted by Gasteiger charge is -2.26. The van der Waals surface area contributed by atoms with E-state index in [1.807, 2.05) is 0 Å².